The van der Waals surface area contributed by atoms with Crippen molar-refractivity contribution in [3.63, 3.8) is 0 Å². The number of unbranched alkanes of at least 4 members (excludes halogenated alkanes) is 1. The van der Waals surface area contributed by atoms with E-state index in [1.165, 1.54) is 6.08 Å². The maximum atomic E-state index is 12.8. The van der Waals surface area contributed by atoms with E-state index in [4.69, 9.17) is 14.2 Å². The lowest BCUT2D eigenvalue weighted by Gasteiger charge is -2.08. The van der Waals surface area contributed by atoms with Crippen LogP contribution in [-0.2, 0) is 4.79 Å². The van der Waals surface area contributed by atoms with Gasteiger partial charge in [-0.15, -0.1) is 0 Å². The van der Waals surface area contributed by atoms with E-state index in [1.54, 1.807) is 66.7 Å². The smallest absolute Gasteiger partial charge is 0.336 e. The Balaban J connectivity index is 1.20. The molecule has 0 amide bonds. The minimum atomic E-state index is -0.464. The molecule has 0 heterocycles. The van der Waals surface area contributed by atoms with Gasteiger partial charge in [-0.25, -0.2) is 4.79 Å². The van der Waals surface area contributed by atoms with Crippen LogP contribution in [0.5, 0.6) is 17.2 Å². The average Bonchev–Trinajstić information content (AvgIpc) is 2.95. The third-order valence-electron chi connectivity index (χ3n) is 5.48. The van der Waals surface area contributed by atoms with Crippen LogP contribution in [0.2, 0.25) is 0 Å². The summed E-state index contributed by atoms with van der Waals surface area (Å²) >= 11 is 0. The van der Waals surface area contributed by atoms with Crippen molar-refractivity contribution >= 4 is 17.8 Å². The SMILES string of the molecule is O=C(/C=C/c1ccc(C(=O)c2ccc(OCCCCOc3ccccc3)cc2)cc1)Oc1ccccc1. The lowest BCUT2D eigenvalue weighted by molar-refractivity contribution is -0.128. The second kappa shape index (κ2) is 13.4. The van der Waals surface area contributed by atoms with Crippen molar-refractivity contribution in [1.82, 2.24) is 0 Å². The Morgan fingerprint density at radius 1 is 0.568 bits per heavy atom. The van der Waals surface area contributed by atoms with Crippen molar-refractivity contribution in [2.24, 2.45) is 0 Å². The first-order valence-electron chi connectivity index (χ1n) is 12.2. The topological polar surface area (TPSA) is 61.8 Å². The van der Waals surface area contributed by atoms with Crippen molar-refractivity contribution in [1.29, 1.82) is 0 Å². The van der Waals surface area contributed by atoms with Crippen LogP contribution in [-0.4, -0.2) is 25.0 Å². The third-order valence-corrected chi connectivity index (χ3v) is 5.48. The van der Waals surface area contributed by atoms with Crippen molar-refractivity contribution in [2.45, 2.75) is 12.8 Å². The molecule has 37 heavy (non-hydrogen) atoms. The highest BCUT2D eigenvalue weighted by Crippen LogP contribution is 2.17. The number of ketones is 1. The zero-order chi connectivity index (χ0) is 25.7. The first-order valence-corrected chi connectivity index (χ1v) is 12.2. The zero-order valence-corrected chi connectivity index (χ0v) is 20.4. The van der Waals surface area contributed by atoms with Gasteiger partial charge in [0.25, 0.3) is 0 Å². The Hall–Kier alpha value is -4.64. The molecule has 0 N–H and O–H groups in total. The summed E-state index contributed by atoms with van der Waals surface area (Å²) in [5.41, 5.74) is 1.94. The van der Waals surface area contributed by atoms with Gasteiger partial charge in [0.1, 0.15) is 17.2 Å². The molecule has 0 fully saturated rings. The number of hydrogen-bond acceptors (Lipinski definition) is 5. The molecule has 0 aliphatic heterocycles. The fourth-order valence-electron chi connectivity index (χ4n) is 3.52. The maximum Gasteiger partial charge on any atom is 0.336 e. The van der Waals surface area contributed by atoms with Gasteiger partial charge in [0.15, 0.2) is 5.78 Å². The quantitative estimate of drug-likeness (QED) is 0.0718. The van der Waals surface area contributed by atoms with Crippen LogP contribution in [0.25, 0.3) is 6.08 Å². The van der Waals surface area contributed by atoms with Gasteiger partial charge in [-0.3, -0.25) is 4.79 Å². The van der Waals surface area contributed by atoms with Crippen LogP contribution in [0.15, 0.2) is 115 Å². The molecule has 0 unspecified atom stereocenters. The molecule has 0 spiro atoms. The van der Waals surface area contributed by atoms with Gasteiger partial charge in [0.2, 0.25) is 0 Å². The molecular formula is C32H28O5. The fraction of sp³-hybridized carbons (Fsp3) is 0.125. The molecule has 0 atom stereocenters. The Labute approximate surface area is 216 Å². The first-order chi connectivity index (χ1) is 18.2. The molecule has 4 rings (SSSR count). The van der Waals surface area contributed by atoms with Crippen LogP contribution >= 0.6 is 0 Å². The van der Waals surface area contributed by atoms with Gasteiger partial charge in [-0.2, -0.15) is 0 Å². The van der Waals surface area contributed by atoms with Crippen LogP contribution < -0.4 is 14.2 Å². The van der Waals surface area contributed by atoms with E-state index >= 15 is 0 Å². The molecule has 0 aliphatic carbocycles. The summed E-state index contributed by atoms with van der Waals surface area (Å²) in [5.74, 6) is 1.54. The van der Waals surface area contributed by atoms with Crippen LogP contribution in [0.4, 0.5) is 0 Å². The van der Waals surface area contributed by atoms with Crippen LogP contribution in [0.3, 0.4) is 0 Å². The van der Waals surface area contributed by atoms with Gasteiger partial charge < -0.3 is 14.2 Å². The summed E-state index contributed by atoms with van der Waals surface area (Å²) in [5, 5.41) is 0. The molecule has 4 aromatic carbocycles. The predicted molar refractivity (Wildman–Crippen MR) is 144 cm³/mol. The highest BCUT2D eigenvalue weighted by Gasteiger charge is 2.09. The second-order valence-corrected chi connectivity index (χ2v) is 8.26. The normalized spacial score (nSPS) is 10.7. The van der Waals surface area contributed by atoms with Gasteiger partial charge in [-0.05, 0) is 73.0 Å². The largest absolute Gasteiger partial charge is 0.494 e. The summed E-state index contributed by atoms with van der Waals surface area (Å²) in [6, 6.07) is 32.8. The van der Waals surface area contributed by atoms with Crippen molar-refractivity contribution in [3.8, 4) is 17.2 Å². The fourth-order valence-corrected chi connectivity index (χ4v) is 3.52. The minimum Gasteiger partial charge on any atom is -0.494 e. The lowest BCUT2D eigenvalue weighted by atomic mass is 10.0. The zero-order valence-electron chi connectivity index (χ0n) is 20.4. The predicted octanol–water partition coefficient (Wildman–Crippen LogP) is 6.77. The van der Waals surface area contributed by atoms with Crippen molar-refractivity contribution in [3.05, 3.63) is 132 Å². The van der Waals surface area contributed by atoms with E-state index in [0.29, 0.717) is 30.1 Å². The highest BCUT2D eigenvalue weighted by molar-refractivity contribution is 6.09. The summed E-state index contributed by atoms with van der Waals surface area (Å²) in [6.45, 7) is 1.23. The van der Waals surface area contributed by atoms with Crippen LogP contribution in [0, 0.1) is 0 Å². The van der Waals surface area contributed by atoms with E-state index in [2.05, 4.69) is 0 Å². The number of rotatable bonds is 12. The molecule has 0 bridgehead atoms. The van der Waals surface area contributed by atoms with E-state index in [0.717, 1.165) is 29.9 Å². The second-order valence-electron chi connectivity index (χ2n) is 8.26. The van der Waals surface area contributed by atoms with Gasteiger partial charge in [0.05, 0.1) is 13.2 Å². The average molecular weight is 493 g/mol. The molecule has 186 valence electrons. The molecule has 0 saturated heterocycles. The van der Waals surface area contributed by atoms with Gasteiger partial charge >= 0.3 is 5.97 Å². The number of para-hydroxylation sites is 2. The molecule has 0 radical (unpaired) electrons. The number of hydrogen-bond donors (Lipinski definition) is 0. The molecule has 0 saturated carbocycles. The highest BCUT2D eigenvalue weighted by atomic mass is 16.5. The summed E-state index contributed by atoms with van der Waals surface area (Å²) < 4.78 is 16.7. The van der Waals surface area contributed by atoms with E-state index in [9.17, 15) is 9.59 Å². The Kier molecular flexibility index (Phi) is 9.25. The maximum absolute atomic E-state index is 12.8. The molecule has 0 aromatic heterocycles. The molecule has 0 aliphatic rings. The van der Waals surface area contributed by atoms with Crippen LogP contribution in [0.1, 0.15) is 34.3 Å². The number of benzene rings is 4. The standard InChI is InChI=1S/C32H28O5/c33-31(37-30-11-5-2-6-12-30)22-15-25-13-16-26(17-14-25)32(34)27-18-20-29(21-19-27)36-24-8-7-23-35-28-9-3-1-4-10-28/h1-6,9-22H,7-8,23-24H2/b22-15+. The Morgan fingerprint density at radius 2 is 1.05 bits per heavy atom. The number of carbonyl (C=O) groups excluding carboxylic acids is 2. The number of carbonyl (C=O) groups is 2. The van der Waals surface area contributed by atoms with E-state index < -0.39 is 5.97 Å². The number of esters is 1. The first kappa shape index (κ1) is 25.5. The van der Waals surface area contributed by atoms with E-state index in [-0.39, 0.29) is 5.78 Å². The minimum absolute atomic E-state index is 0.0800. The molecule has 5 heteroatoms. The van der Waals surface area contributed by atoms with E-state index in [1.807, 2.05) is 48.5 Å². The molecule has 5 nitrogen and oxygen atoms in total. The van der Waals surface area contributed by atoms with Crippen molar-refractivity contribution in [2.75, 3.05) is 13.2 Å². The molecule has 4 aromatic rings. The summed E-state index contributed by atoms with van der Waals surface area (Å²) in [4.78, 5) is 24.8. The number of ether oxygens (including phenoxy) is 3. The third kappa shape index (κ3) is 8.22. The Bertz CT molecular complexity index is 1300. The molecular weight excluding hydrogens is 464 g/mol. The van der Waals surface area contributed by atoms with Crippen molar-refractivity contribution < 1.29 is 23.8 Å². The lowest BCUT2D eigenvalue weighted by Crippen LogP contribution is -2.04. The Morgan fingerprint density at radius 3 is 1.62 bits per heavy atom. The van der Waals surface area contributed by atoms with Gasteiger partial charge in [-0.1, -0.05) is 60.7 Å². The monoisotopic (exact) mass is 492 g/mol. The summed E-state index contributed by atoms with van der Waals surface area (Å²) in [7, 11) is 0. The summed E-state index contributed by atoms with van der Waals surface area (Å²) in [6.07, 6.45) is 4.78. The van der Waals surface area contributed by atoms with Gasteiger partial charge in [0, 0.05) is 17.2 Å².